The van der Waals surface area contributed by atoms with Crippen LogP contribution in [0.5, 0.6) is 0 Å². The molecule has 6 heteroatoms. The van der Waals surface area contributed by atoms with Gasteiger partial charge in [-0.15, -0.1) is 0 Å². The SMILES string of the molecule is Cc1cc(NC(=O)CN2CC(O)C2)no1. The zero-order valence-electron chi connectivity index (χ0n) is 8.43. The maximum absolute atomic E-state index is 11.4. The van der Waals surface area contributed by atoms with Crippen molar-refractivity contribution in [2.24, 2.45) is 0 Å². The van der Waals surface area contributed by atoms with Gasteiger partial charge in [-0.3, -0.25) is 9.69 Å². The standard InChI is InChI=1S/C9H13N3O3/c1-6-2-8(11-15-6)10-9(14)5-12-3-7(13)4-12/h2,7,13H,3-5H2,1H3,(H,10,11,14). The molecule has 0 spiro atoms. The molecule has 0 aliphatic carbocycles. The van der Waals surface area contributed by atoms with E-state index in [4.69, 9.17) is 9.63 Å². The van der Waals surface area contributed by atoms with E-state index in [2.05, 4.69) is 10.5 Å². The van der Waals surface area contributed by atoms with Crippen LogP contribution in [0.25, 0.3) is 0 Å². The highest BCUT2D eigenvalue weighted by atomic mass is 16.5. The number of likely N-dealkylation sites (tertiary alicyclic amines) is 1. The summed E-state index contributed by atoms with van der Waals surface area (Å²) < 4.78 is 4.81. The molecule has 1 amide bonds. The van der Waals surface area contributed by atoms with Crippen LogP contribution >= 0.6 is 0 Å². The van der Waals surface area contributed by atoms with Gasteiger partial charge in [0.25, 0.3) is 0 Å². The number of hydrogen-bond donors (Lipinski definition) is 2. The number of amides is 1. The van der Waals surface area contributed by atoms with Crippen molar-refractivity contribution in [3.05, 3.63) is 11.8 Å². The van der Waals surface area contributed by atoms with Crippen molar-refractivity contribution in [3.63, 3.8) is 0 Å². The Labute approximate surface area is 86.8 Å². The fourth-order valence-electron chi connectivity index (χ4n) is 1.48. The quantitative estimate of drug-likeness (QED) is 0.711. The molecule has 0 unspecified atom stereocenters. The second-order valence-electron chi connectivity index (χ2n) is 3.72. The van der Waals surface area contributed by atoms with Gasteiger partial charge < -0.3 is 14.9 Å². The molecule has 2 N–H and O–H groups in total. The summed E-state index contributed by atoms with van der Waals surface area (Å²) in [4.78, 5) is 13.3. The number of nitrogens with zero attached hydrogens (tertiary/aromatic N) is 2. The summed E-state index contributed by atoms with van der Waals surface area (Å²) in [6, 6.07) is 1.66. The monoisotopic (exact) mass is 211 g/mol. The molecule has 0 saturated carbocycles. The van der Waals surface area contributed by atoms with Gasteiger partial charge in [0.2, 0.25) is 5.91 Å². The van der Waals surface area contributed by atoms with Crippen LogP contribution in [-0.2, 0) is 4.79 Å². The van der Waals surface area contributed by atoms with Crippen molar-refractivity contribution in [2.75, 3.05) is 25.0 Å². The molecule has 1 aromatic heterocycles. The summed E-state index contributed by atoms with van der Waals surface area (Å²) in [6.45, 7) is 3.16. The van der Waals surface area contributed by atoms with Crippen LogP contribution < -0.4 is 5.32 Å². The normalized spacial score (nSPS) is 17.5. The highest BCUT2D eigenvalue weighted by Crippen LogP contribution is 2.09. The first-order valence-electron chi connectivity index (χ1n) is 4.77. The Morgan fingerprint density at radius 2 is 2.53 bits per heavy atom. The minimum atomic E-state index is -0.285. The first kappa shape index (κ1) is 10.1. The molecule has 1 saturated heterocycles. The Kier molecular flexibility index (Phi) is 2.70. The van der Waals surface area contributed by atoms with E-state index in [1.165, 1.54) is 0 Å². The second-order valence-corrected chi connectivity index (χ2v) is 3.72. The first-order chi connectivity index (χ1) is 7.13. The van der Waals surface area contributed by atoms with Crippen molar-refractivity contribution in [2.45, 2.75) is 13.0 Å². The van der Waals surface area contributed by atoms with E-state index in [0.717, 1.165) is 0 Å². The molecule has 6 nitrogen and oxygen atoms in total. The van der Waals surface area contributed by atoms with E-state index in [0.29, 0.717) is 24.7 Å². The van der Waals surface area contributed by atoms with E-state index < -0.39 is 0 Å². The van der Waals surface area contributed by atoms with Gasteiger partial charge in [0.1, 0.15) is 5.76 Å². The lowest BCUT2D eigenvalue weighted by atomic mass is 10.2. The van der Waals surface area contributed by atoms with Gasteiger partial charge in [-0.25, -0.2) is 0 Å². The molecule has 2 rings (SSSR count). The van der Waals surface area contributed by atoms with E-state index in [9.17, 15) is 4.79 Å². The number of nitrogens with one attached hydrogen (secondary N) is 1. The highest BCUT2D eigenvalue weighted by Gasteiger charge is 2.25. The molecule has 0 atom stereocenters. The lowest BCUT2D eigenvalue weighted by Crippen LogP contribution is -2.53. The molecule has 0 radical (unpaired) electrons. The number of aliphatic hydroxyl groups excluding tert-OH is 1. The number of rotatable bonds is 3. The van der Waals surface area contributed by atoms with Crippen LogP contribution in [0.15, 0.2) is 10.6 Å². The fourth-order valence-corrected chi connectivity index (χ4v) is 1.48. The number of carbonyl (C=O) groups is 1. The van der Waals surface area contributed by atoms with Crippen LogP contribution in [0.3, 0.4) is 0 Å². The fraction of sp³-hybridized carbons (Fsp3) is 0.556. The second kappa shape index (κ2) is 4.00. The third kappa shape index (κ3) is 2.54. The number of aromatic nitrogens is 1. The minimum Gasteiger partial charge on any atom is -0.390 e. The van der Waals surface area contributed by atoms with Gasteiger partial charge in [0.15, 0.2) is 5.82 Å². The average molecular weight is 211 g/mol. The van der Waals surface area contributed by atoms with Crippen molar-refractivity contribution < 1.29 is 14.4 Å². The van der Waals surface area contributed by atoms with E-state index in [1.807, 2.05) is 4.90 Å². The molecular formula is C9H13N3O3. The molecule has 15 heavy (non-hydrogen) atoms. The predicted octanol–water partition coefficient (Wildman–Crippen LogP) is -0.402. The average Bonchev–Trinajstić information content (AvgIpc) is 2.48. The zero-order valence-corrected chi connectivity index (χ0v) is 8.43. The molecule has 0 bridgehead atoms. The molecule has 2 heterocycles. The molecule has 1 aliphatic heterocycles. The summed E-state index contributed by atoms with van der Waals surface area (Å²) in [5.41, 5.74) is 0. The van der Waals surface area contributed by atoms with Gasteiger partial charge in [-0.05, 0) is 6.92 Å². The molecule has 1 aliphatic rings. The maximum atomic E-state index is 11.4. The van der Waals surface area contributed by atoms with Crippen LogP contribution in [0, 0.1) is 6.92 Å². The number of anilines is 1. The first-order valence-corrected chi connectivity index (χ1v) is 4.77. The number of β-amino-alcohol motifs (C(OH)–C–C–N with tert-alkyl or cyclic N) is 1. The van der Waals surface area contributed by atoms with Gasteiger partial charge in [-0.2, -0.15) is 0 Å². The van der Waals surface area contributed by atoms with E-state index >= 15 is 0 Å². The summed E-state index contributed by atoms with van der Waals surface area (Å²) in [5.74, 6) is 0.943. The van der Waals surface area contributed by atoms with Crippen LogP contribution in [0.1, 0.15) is 5.76 Å². The van der Waals surface area contributed by atoms with E-state index in [-0.39, 0.29) is 18.6 Å². The van der Waals surface area contributed by atoms with Gasteiger partial charge in [-0.1, -0.05) is 5.16 Å². The molecular weight excluding hydrogens is 198 g/mol. The smallest absolute Gasteiger partial charge is 0.239 e. The summed E-state index contributed by atoms with van der Waals surface area (Å²) >= 11 is 0. The Morgan fingerprint density at radius 3 is 3.07 bits per heavy atom. The molecule has 1 fully saturated rings. The minimum absolute atomic E-state index is 0.143. The highest BCUT2D eigenvalue weighted by molar-refractivity contribution is 5.91. The molecule has 82 valence electrons. The van der Waals surface area contributed by atoms with Gasteiger partial charge >= 0.3 is 0 Å². The Balaban J connectivity index is 1.77. The Hall–Kier alpha value is -1.40. The summed E-state index contributed by atoms with van der Waals surface area (Å²) in [5, 5.41) is 15.3. The maximum Gasteiger partial charge on any atom is 0.239 e. The lowest BCUT2D eigenvalue weighted by Gasteiger charge is -2.34. The zero-order chi connectivity index (χ0) is 10.8. The summed E-state index contributed by atoms with van der Waals surface area (Å²) in [7, 11) is 0. The number of aryl methyl sites for hydroxylation is 1. The van der Waals surface area contributed by atoms with Crippen LogP contribution in [0.4, 0.5) is 5.82 Å². The Morgan fingerprint density at radius 1 is 1.80 bits per heavy atom. The number of aliphatic hydroxyl groups is 1. The van der Waals surface area contributed by atoms with Crippen molar-refractivity contribution >= 4 is 11.7 Å². The molecule has 1 aromatic rings. The Bertz CT molecular complexity index is 357. The van der Waals surface area contributed by atoms with Crippen LogP contribution in [-0.4, -0.2) is 46.8 Å². The summed E-state index contributed by atoms with van der Waals surface area (Å²) in [6.07, 6.45) is -0.285. The number of hydrogen-bond acceptors (Lipinski definition) is 5. The number of carbonyl (C=O) groups excluding carboxylic acids is 1. The van der Waals surface area contributed by atoms with Gasteiger partial charge in [0.05, 0.1) is 12.6 Å². The van der Waals surface area contributed by atoms with Crippen molar-refractivity contribution in [3.8, 4) is 0 Å². The van der Waals surface area contributed by atoms with Gasteiger partial charge in [0, 0.05) is 19.2 Å². The van der Waals surface area contributed by atoms with Crippen LogP contribution in [0.2, 0.25) is 0 Å². The lowest BCUT2D eigenvalue weighted by molar-refractivity contribution is -0.120. The predicted molar refractivity (Wildman–Crippen MR) is 52.3 cm³/mol. The topological polar surface area (TPSA) is 78.6 Å². The molecule has 0 aromatic carbocycles. The third-order valence-electron chi connectivity index (χ3n) is 2.20. The van der Waals surface area contributed by atoms with Crippen molar-refractivity contribution in [1.82, 2.24) is 10.1 Å². The van der Waals surface area contributed by atoms with Crippen molar-refractivity contribution in [1.29, 1.82) is 0 Å². The third-order valence-corrected chi connectivity index (χ3v) is 2.20. The largest absolute Gasteiger partial charge is 0.390 e. The van der Waals surface area contributed by atoms with E-state index in [1.54, 1.807) is 13.0 Å².